The number of hydrogen-bond donors (Lipinski definition) is 3. The number of rotatable bonds is 5. The van der Waals surface area contributed by atoms with E-state index < -0.39 is 23.9 Å². The number of carbonyl (C=O) groups excluding carboxylic acids is 1. The second-order valence-corrected chi connectivity index (χ2v) is 5.13. The summed E-state index contributed by atoms with van der Waals surface area (Å²) in [6.45, 7) is 1.21. The van der Waals surface area contributed by atoms with E-state index in [-0.39, 0.29) is 6.54 Å². The van der Waals surface area contributed by atoms with Gasteiger partial charge in [-0.2, -0.15) is 0 Å². The molecule has 1 aromatic heterocycles. The first-order valence-electron chi connectivity index (χ1n) is 6.45. The number of benzene rings is 1. The summed E-state index contributed by atoms with van der Waals surface area (Å²) in [6.07, 6.45) is 1.15. The summed E-state index contributed by atoms with van der Waals surface area (Å²) in [5.41, 5.74) is -0.547. The average Bonchev–Trinajstić information content (AvgIpc) is 2.43. The van der Waals surface area contributed by atoms with Crippen molar-refractivity contribution in [1.82, 2.24) is 10.3 Å². The molecule has 0 spiro atoms. The Kier molecular flexibility index (Phi) is 4.18. The predicted molar refractivity (Wildman–Crippen MR) is 77.0 cm³/mol. The van der Waals surface area contributed by atoms with E-state index in [0.29, 0.717) is 11.1 Å². The molecule has 110 valence electrons. The van der Waals surface area contributed by atoms with Gasteiger partial charge in [0.1, 0.15) is 0 Å². The van der Waals surface area contributed by atoms with Gasteiger partial charge in [0, 0.05) is 18.1 Å². The standard InChI is InChI=1S/C15H16N2O4/c1-15(21,8-12(18)19)9-17-14(20)11-6-2-4-10-5-3-7-16-13(10)11/h2-7,21H,8-9H2,1H3,(H,17,20)(H,18,19). The minimum atomic E-state index is -1.50. The largest absolute Gasteiger partial charge is 0.481 e. The highest BCUT2D eigenvalue weighted by atomic mass is 16.4. The van der Waals surface area contributed by atoms with Gasteiger partial charge in [-0.25, -0.2) is 0 Å². The summed E-state index contributed by atoms with van der Waals surface area (Å²) < 4.78 is 0. The molecule has 2 rings (SSSR count). The van der Waals surface area contributed by atoms with E-state index in [1.165, 1.54) is 6.92 Å². The SMILES string of the molecule is CC(O)(CNC(=O)c1cccc2cccnc12)CC(=O)O. The molecular weight excluding hydrogens is 272 g/mol. The molecule has 1 heterocycles. The van der Waals surface area contributed by atoms with E-state index in [0.717, 1.165) is 5.39 Å². The molecule has 0 saturated carbocycles. The normalized spacial score (nSPS) is 13.6. The zero-order valence-electron chi connectivity index (χ0n) is 11.5. The highest BCUT2D eigenvalue weighted by Crippen LogP contribution is 2.16. The van der Waals surface area contributed by atoms with E-state index in [9.17, 15) is 14.7 Å². The van der Waals surface area contributed by atoms with Crippen molar-refractivity contribution in [3.63, 3.8) is 0 Å². The second kappa shape index (κ2) is 5.88. The first-order valence-corrected chi connectivity index (χ1v) is 6.45. The Hall–Kier alpha value is -2.47. The molecule has 2 aromatic rings. The molecule has 0 aliphatic carbocycles. The molecule has 1 unspecified atom stereocenters. The lowest BCUT2D eigenvalue weighted by molar-refractivity contribution is -0.141. The third kappa shape index (κ3) is 3.76. The highest BCUT2D eigenvalue weighted by molar-refractivity contribution is 6.05. The van der Waals surface area contributed by atoms with Gasteiger partial charge in [0.15, 0.2) is 0 Å². The molecule has 0 bridgehead atoms. The molecular formula is C15H16N2O4. The fourth-order valence-electron chi connectivity index (χ4n) is 2.04. The lowest BCUT2D eigenvalue weighted by Crippen LogP contribution is -2.42. The summed E-state index contributed by atoms with van der Waals surface area (Å²) in [6, 6.07) is 8.85. The molecule has 0 saturated heterocycles. The van der Waals surface area contributed by atoms with Crippen molar-refractivity contribution in [3.8, 4) is 0 Å². The Morgan fingerprint density at radius 3 is 2.71 bits per heavy atom. The van der Waals surface area contributed by atoms with Crippen LogP contribution < -0.4 is 5.32 Å². The van der Waals surface area contributed by atoms with Crippen LogP contribution in [0.25, 0.3) is 10.9 Å². The van der Waals surface area contributed by atoms with Crippen LogP contribution in [0.1, 0.15) is 23.7 Å². The van der Waals surface area contributed by atoms with Crippen LogP contribution in [0, 0.1) is 0 Å². The van der Waals surface area contributed by atoms with Crippen molar-refractivity contribution in [1.29, 1.82) is 0 Å². The van der Waals surface area contributed by atoms with Gasteiger partial charge in [-0.15, -0.1) is 0 Å². The van der Waals surface area contributed by atoms with Crippen molar-refractivity contribution in [3.05, 3.63) is 42.1 Å². The Morgan fingerprint density at radius 1 is 1.29 bits per heavy atom. The number of nitrogens with one attached hydrogen (secondary N) is 1. The average molecular weight is 288 g/mol. The number of carboxylic acid groups (broad SMARTS) is 1. The van der Waals surface area contributed by atoms with E-state index in [2.05, 4.69) is 10.3 Å². The summed E-state index contributed by atoms with van der Waals surface area (Å²) in [7, 11) is 0. The van der Waals surface area contributed by atoms with E-state index in [4.69, 9.17) is 5.11 Å². The topological polar surface area (TPSA) is 99.5 Å². The maximum absolute atomic E-state index is 12.2. The van der Waals surface area contributed by atoms with E-state index in [1.807, 2.05) is 12.1 Å². The lowest BCUT2D eigenvalue weighted by atomic mass is 10.0. The number of pyridine rings is 1. The predicted octanol–water partition coefficient (Wildman–Crippen LogP) is 1.19. The number of hydrogen-bond acceptors (Lipinski definition) is 4. The third-order valence-corrected chi connectivity index (χ3v) is 3.04. The second-order valence-electron chi connectivity index (χ2n) is 5.13. The smallest absolute Gasteiger partial charge is 0.306 e. The van der Waals surface area contributed by atoms with Gasteiger partial charge in [0.05, 0.1) is 23.1 Å². The van der Waals surface area contributed by atoms with Crippen LogP contribution in [0.3, 0.4) is 0 Å². The van der Waals surface area contributed by atoms with Gasteiger partial charge in [-0.05, 0) is 19.1 Å². The minimum absolute atomic E-state index is 0.151. The Morgan fingerprint density at radius 2 is 2.00 bits per heavy atom. The molecule has 3 N–H and O–H groups in total. The van der Waals surface area contributed by atoms with Gasteiger partial charge in [0.25, 0.3) is 5.91 Å². The molecule has 0 aliphatic heterocycles. The fourth-order valence-corrected chi connectivity index (χ4v) is 2.04. The monoisotopic (exact) mass is 288 g/mol. The van der Waals surface area contributed by atoms with Crippen LogP contribution in [-0.2, 0) is 4.79 Å². The van der Waals surface area contributed by atoms with Crippen LogP contribution in [-0.4, -0.2) is 39.2 Å². The molecule has 0 aliphatic rings. The quantitative estimate of drug-likeness (QED) is 0.767. The first-order chi connectivity index (χ1) is 9.89. The maximum atomic E-state index is 12.2. The lowest BCUT2D eigenvalue weighted by Gasteiger charge is -2.21. The molecule has 6 heteroatoms. The van der Waals surface area contributed by atoms with Gasteiger partial charge >= 0.3 is 5.97 Å². The van der Waals surface area contributed by atoms with Crippen molar-refractivity contribution < 1.29 is 19.8 Å². The Balaban J connectivity index is 2.14. The Labute approximate surface area is 121 Å². The number of aliphatic carboxylic acids is 1. The zero-order valence-corrected chi connectivity index (χ0v) is 11.5. The fraction of sp³-hybridized carbons (Fsp3) is 0.267. The van der Waals surface area contributed by atoms with Crippen molar-refractivity contribution in [2.24, 2.45) is 0 Å². The number of amides is 1. The van der Waals surface area contributed by atoms with E-state index >= 15 is 0 Å². The molecule has 1 aromatic carbocycles. The van der Waals surface area contributed by atoms with Crippen molar-refractivity contribution >= 4 is 22.8 Å². The zero-order chi connectivity index (χ0) is 15.5. The summed E-state index contributed by atoms with van der Waals surface area (Å²) in [5.74, 6) is -1.52. The number of fused-ring (bicyclic) bond motifs is 1. The van der Waals surface area contributed by atoms with Gasteiger partial charge in [0.2, 0.25) is 0 Å². The molecule has 1 atom stereocenters. The van der Waals surface area contributed by atoms with Crippen LogP contribution in [0.4, 0.5) is 0 Å². The number of carbonyl (C=O) groups is 2. The molecule has 21 heavy (non-hydrogen) atoms. The molecule has 1 amide bonds. The van der Waals surface area contributed by atoms with Gasteiger partial charge < -0.3 is 15.5 Å². The Bertz CT molecular complexity index is 677. The van der Waals surface area contributed by atoms with Crippen LogP contribution in [0.5, 0.6) is 0 Å². The van der Waals surface area contributed by atoms with Crippen LogP contribution in [0.2, 0.25) is 0 Å². The number of aliphatic hydroxyl groups is 1. The number of nitrogens with zero attached hydrogens (tertiary/aromatic N) is 1. The molecule has 6 nitrogen and oxygen atoms in total. The van der Waals surface area contributed by atoms with Crippen LogP contribution >= 0.6 is 0 Å². The summed E-state index contributed by atoms with van der Waals surface area (Å²) in [4.78, 5) is 27.0. The maximum Gasteiger partial charge on any atom is 0.306 e. The van der Waals surface area contributed by atoms with Gasteiger partial charge in [-0.3, -0.25) is 14.6 Å². The van der Waals surface area contributed by atoms with Crippen LogP contribution in [0.15, 0.2) is 36.5 Å². The number of aromatic nitrogens is 1. The van der Waals surface area contributed by atoms with E-state index in [1.54, 1.807) is 24.4 Å². The molecule has 0 fully saturated rings. The number of carboxylic acids is 1. The molecule has 0 radical (unpaired) electrons. The van der Waals surface area contributed by atoms with Crippen molar-refractivity contribution in [2.75, 3.05) is 6.54 Å². The highest BCUT2D eigenvalue weighted by Gasteiger charge is 2.25. The van der Waals surface area contributed by atoms with Crippen molar-refractivity contribution in [2.45, 2.75) is 18.9 Å². The summed E-state index contributed by atoms with van der Waals surface area (Å²) >= 11 is 0. The third-order valence-electron chi connectivity index (χ3n) is 3.04. The summed E-state index contributed by atoms with van der Waals surface area (Å²) in [5, 5.41) is 22.0. The number of para-hydroxylation sites is 1. The first kappa shape index (κ1) is 14.9. The minimum Gasteiger partial charge on any atom is -0.481 e. The van der Waals surface area contributed by atoms with Gasteiger partial charge in [-0.1, -0.05) is 18.2 Å².